The van der Waals surface area contributed by atoms with Gasteiger partial charge in [-0.3, -0.25) is 9.48 Å². The molecule has 0 aliphatic heterocycles. The number of aromatic nitrogens is 2. The zero-order valence-corrected chi connectivity index (χ0v) is 12.4. The quantitative estimate of drug-likeness (QED) is 0.859. The molecule has 4 nitrogen and oxygen atoms in total. The van der Waals surface area contributed by atoms with Crippen LogP contribution in [0.3, 0.4) is 0 Å². The van der Waals surface area contributed by atoms with Gasteiger partial charge in [-0.05, 0) is 18.1 Å². The van der Waals surface area contributed by atoms with E-state index in [1.54, 1.807) is 10.7 Å². The molecule has 1 N–H and O–H groups in total. The maximum absolute atomic E-state index is 11.9. The fourth-order valence-electron chi connectivity index (χ4n) is 1.80. The average Bonchev–Trinajstić information content (AvgIpc) is 2.81. The van der Waals surface area contributed by atoms with Crippen molar-refractivity contribution in [2.24, 2.45) is 7.05 Å². The van der Waals surface area contributed by atoms with Gasteiger partial charge in [0.1, 0.15) is 5.69 Å². The predicted octanol–water partition coefficient (Wildman–Crippen LogP) is 2.29. The number of alkyl halides is 1. The standard InChI is InChI=1S/C14H16BrN3O/c1-18-12(10-15)9-13(17-18)14(19)16-8-7-11-5-3-2-4-6-11/h2-6,9H,7-8,10H2,1H3,(H,16,19). The number of nitrogens with zero attached hydrogens (tertiary/aromatic N) is 2. The van der Waals surface area contributed by atoms with E-state index >= 15 is 0 Å². The molecule has 0 radical (unpaired) electrons. The van der Waals surface area contributed by atoms with Crippen LogP contribution < -0.4 is 5.32 Å². The molecule has 0 saturated heterocycles. The summed E-state index contributed by atoms with van der Waals surface area (Å²) in [5.74, 6) is -0.126. The van der Waals surface area contributed by atoms with Crippen LogP contribution in [0.25, 0.3) is 0 Å². The van der Waals surface area contributed by atoms with E-state index in [0.717, 1.165) is 12.1 Å². The second-order valence-electron chi connectivity index (χ2n) is 4.27. The van der Waals surface area contributed by atoms with Crippen molar-refractivity contribution in [1.82, 2.24) is 15.1 Å². The summed E-state index contributed by atoms with van der Waals surface area (Å²) in [5, 5.41) is 7.75. The van der Waals surface area contributed by atoms with Gasteiger partial charge in [0.25, 0.3) is 5.91 Å². The Morgan fingerprint density at radius 2 is 2.11 bits per heavy atom. The summed E-state index contributed by atoms with van der Waals surface area (Å²) in [6.45, 7) is 0.614. The van der Waals surface area contributed by atoms with Gasteiger partial charge in [0.15, 0.2) is 0 Å². The van der Waals surface area contributed by atoms with E-state index < -0.39 is 0 Å². The van der Waals surface area contributed by atoms with Crippen molar-refractivity contribution in [3.8, 4) is 0 Å². The minimum Gasteiger partial charge on any atom is -0.350 e. The Bertz CT molecular complexity index is 551. The zero-order chi connectivity index (χ0) is 13.7. The molecule has 1 amide bonds. The highest BCUT2D eigenvalue weighted by molar-refractivity contribution is 9.08. The number of nitrogens with one attached hydrogen (secondary N) is 1. The Balaban J connectivity index is 1.87. The number of carbonyl (C=O) groups is 1. The van der Waals surface area contributed by atoms with Crippen LogP contribution in [0.4, 0.5) is 0 Å². The Hall–Kier alpha value is -1.62. The number of halogens is 1. The van der Waals surface area contributed by atoms with E-state index in [0.29, 0.717) is 17.6 Å². The minimum atomic E-state index is -0.126. The van der Waals surface area contributed by atoms with Crippen molar-refractivity contribution in [3.63, 3.8) is 0 Å². The van der Waals surface area contributed by atoms with Gasteiger partial charge in [-0.2, -0.15) is 5.10 Å². The summed E-state index contributed by atoms with van der Waals surface area (Å²) in [6.07, 6.45) is 0.824. The third-order valence-electron chi connectivity index (χ3n) is 2.89. The maximum atomic E-state index is 11.9. The summed E-state index contributed by atoms with van der Waals surface area (Å²) in [4.78, 5) is 11.9. The first kappa shape index (κ1) is 13.8. The van der Waals surface area contributed by atoms with Gasteiger partial charge < -0.3 is 5.32 Å². The van der Waals surface area contributed by atoms with Crippen molar-refractivity contribution >= 4 is 21.8 Å². The summed E-state index contributed by atoms with van der Waals surface area (Å²) in [6, 6.07) is 11.9. The first-order valence-electron chi connectivity index (χ1n) is 6.11. The molecule has 0 spiro atoms. The SMILES string of the molecule is Cn1nc(C(=O)NCCc2ccccc2)cc1CBr. The first-order chi connectivity index (χ1) is 9.20. The molecule has 0 aliphatic rings. The molecule has 1 heterocycles. The van der Waals surface area contributed by atoms with E-state index in [4.69, 9.17) is 0 Å². The summed E-state index contributed by atoms with van der Waals surface area (Å²) in [5.41, 5.74) is 2.66. The molecule has 2 aromatic rings. The van der Waals surface area contributed by atoms with Crippen molar-refractivity contribution in [3.05, 3.63) is 53.3 Å². The number of amides is 1. The Morgan fingerprint density at radius 1 is 1.37 bits per heavy atom. The smallest absolute Gasteiger partial charge is 0.271 e. The van der Waals surface area contributed by atoms with Crippen LogP contribution in [0.5, 0.6) is 0 Å². The van der Waals surface area contributed by atoms with Gasteiger partial charge in [0.2, 0.25) is 0 Å². The molecular weight excluding hydrogens is 306 g/mol. The Labute approximate surface area is 120 Å². The lowest BCUT2D eigenvalue weighted by atomic mass is 10.1. The number of rotatable bonds is 5. The third-order valence-corrected chi connectivity index (χ3v) is 3.46. The van der Waals surface area contributed by atoms with Crippen LogP contribution in [-0.2, 0) is 18.8 Å². The van der Waals surface area contributed by atoms with Crippen molar-refractivity contribution in [1.29, 1.82) is 0 Å². The number of carbonyl (C=O) groups excluding carboxylic acids is 1. The lowest BCUT2D eigenvalue weighted by Crippen LogP contribution is -2.26. The van der Waals surface area contributed by atoms with Crippen LogP contribution in [0.1, 0.15) is 21.7 Å². The molecule has 5 heteroatoms. The Kier molecular flexibility index (Phi) is 4.74. The predicted molar refractivity (Wildman–Crippen MR) is 78.3 cm³/mol. The maximum Gasteiger partial charge on any atom is 0.271 e. The van der Waals surface area contributed by atoms with E-state index in [2.05, 4.69) is 38.5 Å². The second kappa shape index (κ2) is 6.52. The van der Waals surface area contributed by atoms with Gasteiger partial charge in [-0.15, -0.1) is 0 Å². The molecule has 1 aromatic heterocycles. The average molecular weight is 322 g/mol. The molecular formula is C14H16BrN3O. The van der Waals surface area contributed by atoms with Gasteiger partial charge >= 0.3 is 0 Å². The van der Waals surface area contributed by atoms with Crippen LogP contribution in [0, 0.1) is 0 Å². The van der Waals surface area contributed by atoms with Gasteiger partial charge in [-0.1, -0.05) is 46.3 Å². The van der Waals surface area contributed by atoms with Crippen molar-refractivity contribution in [2.75, 3.05) is 6.54 Å². The molecule has 2 rings (SSSR count). The summed E-state index contributed by atoms with van der Waals surface area (Å²) < 4.78 is 1.71. The molecule has 0 aliphatic carbocycles. The van der Waals surface area contributed by atoms with E-state index in [-0.39, 0.29) is 5.91 Å². The van der Waals surface area contributed by atoms with Crippen LogP contribution in [-0.4, -0.2) is 22.2 Å². The highest BCUT2D eigenvalue weighted by atomic mass is 79.9. The fraction of sp³-hybridized carbons (Fsp3) is 0.286. The first-order valence-corrected chi connectivity index (χ1v) is 7.24. The van der Waals surface area contributed by atoms with Crippen LogP contribution in [0.15, 0.2) is 36.4 Å². The molecule has 19 heavy (non-hydrogen) atoms. The Morgan fingerprint density at radius 3 is 2.74 bits per heavy atom. The second-order valence-corrected chi connectivity index (χ2v) is 4.83. The summed E-state index contributed by atoms with van der Waals surface area (Å²) >= 11 is 3.36. The van der Waals surface area contributed by atoms with Gasteiger partial charge in [0, 0.05) is 24.6 Å². The third kappa shape index (κ3) is 3.67. The van der Waals surface area contributed by atoms with Crippen molar-refractivity contribution < 1.29 is 4.79 Å². The molecule has 100 valence electrons. The number of hydrogen-bond acceptors (Lipinski definition) is 2. The number of hydrogen-bond donors (Lipinski definition) is 1. The van der Waals surface area contributed by atoms with E-state index in [9.17, 15) is 4.79 Å². The highest BCUT2D eigenvalue weighted by Crippen LogP contribution is 2.07. The lowest BCUT2D eigenvalue weighted by Gasteiger charge is -2.03. The molecule has 0 bridgehead atoms. The molecule has 0 fully saturated rings. The molecule has 0 unspecified atom stereocenters. The van der Waals surface area contributed by atoms with E-state index in [1.165, 1.54) is 5.56 Å². The fourth-order valence-corrected chi connectivity index (χ4v) is 2.32. The normalized spacial score (nSPS) is 10.4. The topological polar surface area (TPSA) is 46.9 Å². The van der Waals surface area contributed by atoms with Crippen LogP contribution >= 0.6 is 15.9 Å². The zero-order valence-electron chi connectivity index (χ0n) is 10.8. The highest BCUT2D eigenvalue weighted by Gasteiger charge is 2.11. The van der Waals surface area contributed by atoms with Gasteiger partial charge in [-0.25, -0.2) is 0 Å². The monoisotopic (exact) mass is 321 g/mol. The molecule has 0 atom stereocenters. The summed E-state index contributed by atoms with van der Waals surface area (Å²) in [7, 11) is 1.83. The number of benzene rings is 1. The molecule has 1 aromatic carbocycles. The van der Waals surface area contributed by atoms with E-state index in [1.807, 2.05) is 25.2 Å². The molecule has 0 saturated carbocycles. The number of aryl methyl sites for hydroxylation is 1. The van der Waals surface area contributed by atoms with Crippen molar-refractivity contribution in [2.45, 2.75) is 11.8 Å². The largest absolute Gasteiger partial charge is 0.350 e. The van der Waals surface area contributed by atoms with Gasteiger partial charge in [0.05, 0.1) is 0 Å². The lowest BCUT2D eigenvalue weighted by molar-refractivity contribution is 0.0948. The van der Waals surface area contributed by atoms with Crippen LogP contribution in [0.2, 0.25) is 0 Å². The minimum absolute atomic E-state index is 0.126.